The predicted molar refractivity (Wildman–Crippen MR) is 124 cm³/mol. The van der Waals surface area contributed by atoms with E-state index < -0.39 is 36.4 Å². The number of unbranched alkanes of at least 4 members (excludes halogenated alkanes) is 1. The summed E-state index contributed by atoms with van der Waals surface area (Å²) in [4.78, 5) is 25.5. The van der Waals surface area contributed by atoms with Crippen molar-refractivity contribution in [3.8, 4) is 0 Å². The van der Waals surface area contributed by atoms with Crippen LogP contribution in [0.3, 0.4) is 0 Å². The molecule has 1 saturated heterocycles. The fraction of sp³-hybridized carbons (Fsp3) is 0.520. The lowest BCUT2D eigenvalue weighted by atomic mass is 10.00. The molecule has 2 atom stereocenters. The van der Waals surface area contributed by atoms with Crippen LogP contribution >= 0.6 is 11.3 Å². The smallest absolute Gasteiger partial charge is 0.345 e. The van der Waals surface area contributed by atoms with E-state index in [2.05, 4.69) is 12.1 Å². The number of thiophene rings is 1. The molecule has 8 heteroatoms. The Labute approximate surface area is 197 Å². The number of aliphatic hydroxyl groups excluding tert-OH is 1. The number of aromatic carboxylic acids is 1. The van der Waals surface area contributed by atoms with Crippen LogP contribution in [-0.4, -0.2) is 51.6 Å². The average Bonchev–Trinajstić information content (AvgIpc) is 3.34. The number of likely N-dealkylation sites (tertiary alicyclic amines) is 1. The average molecular weight is 480 g/mol. The normalized spacial score (nSPS) is 18.6. The number of carboxylic acid groups (broad SMARTS) is 1. The number of aliphatic hydroxyl groups is 1. The summed E-state index contributed by atoms with van der Waals surface area (Å²) in [7, 11) is 0. The lowest BCUT2D eigenvalue weighted by Gasteiger charge is -2.25. The summed E-state index contributed by atoms with van der Waals surface area (Å²) in [6.07, 6.45) is 4.08. The summed E-state index contributed by atoms with van der Waals surface area (Å²) in [5.74, 6) is -5.48. The predicted octanol–water partition coefficient (Wildman–Crippen LogP) is 5.17. The van der Waals surface area contributed by atoms with Gasteiger partial charge in [-0.25, -0.2) is 4.79 Å². The summed E-state index contributed by atoms with van der Waals surface area (Å²) >= 11 is 1.16. The number of rotatable bonds is 13. The molecule has 1 fully saturated rings. The van der Waals surface area contributed by atoms with Crippen LogP contribution in [0, 0.1) is 0 Å². The molecule has 180 valence electrons. The highest BCUT2D eigenvalue weighted by atomic mass is 32.1. The van der Waals surface area contributed by atoms with Crippen molar-refractivity contribution in [2.75, 3.05) is 6.54 Å². The molecule has 1 aromatic heterocycles. The second-order valence-electron chi connectivity index (χ2n) is 8.70. The number of hydrogen-bond acceptors (Lipinski definition) is 4. The molecule has 1 aliphatic heterocycles. The van der Waals surface area contributed by atoms with Crippen molar-refractivity contribution in [1.82, 2.24) is 4.90 Å². The van der Waals surface area contributed by atoms with Crippen molar-refractivity contribution >= 4 is 23.2 Å². The SMILES string of the molecule is O=C(O)c1ccc(CCCN2C(=O)C(F)(F)C[C@@H]2CCC(O)CCCCc2ccccc2)s1. The summed E-state index contributed by atoms with van der Waals surface area (Å²) in [6.45, 7) is 0.201. The van der Waals surface area contributed by atoms with E-state index in [1.54, 1.807) is 6.07 Å². The number of carboxylic acids is 1. The van der Waals surface area contributed by atoms with Crippen molar-refractivity contribution in [2.45, 2.75) is 75.9 Å². The molecule has 0 radical (unpaired) electrons. The molecule has 0 aliphatic carbocycles. The maximum absolute atomic E-state index is 14.1. The van der Waals surface area contributed by atoms with Crippen LogP contribution in [-0.2, 0) is 17.6 Å². The number of hydrogen-bond donors (Lipinski definition) is 2. The lowest BCUT2D eigenvalue weighted by molar-refractivity contribution is -0.148. The van der Waals surface area contributed by atoms with Gasteiger partial charge in [0.2, 0.25) is 0 Å². The maximum atomic E-state index is 14.1. The van der Waals surface area contributed by atoms with Gasteiger partial charge in [-0.2, -0.15) is 8.78 Å². The second kappa shape index (κ2) is 11.7. The van der Waals surface area contributed by atoms with E-state index in [4.69, 9.17) is 5.11 Å². The van der Waals surface area contributed by atoms with Gasteiger partial charge >= 0.3 is 11.9 Å². The minimum absolute atomic E-state index is 0.201. The topological polar surface area (TPSA) is 77.8 Å². The van der Waals surface area contributed by atoms with Gasteiger partial charge in [0.05, 0.1) is 6.10 Å². The number of carbonyl (C=O) groups is 2. The molecule has 1 amide bonds. The fourth-order valence-corrected chi connectivity index (χ4v) is 5.23. The Hall–Kier alpha value is -2.32. The summed E-state index contributed by atoms with van der Waals surface area (Å²) in [5, 5.41) is 19.3. The molecule has 33 heavy (non-hydrogen) atoms. The van der Waals surface area contributed by atoms with E-state index in [0.29, 0.717) is 32.1 Å². The number of halogens is 2. The molecular formula is C25H31F2NO4S. The highest BCUT2D eigenvalue weighted by Gasteiger charge is 2.52. The first-order valence-corrected chi connectivity index (χ1v) is 12.3. The number of amides is 1. The zero-order chi connectivity index (χ0) is 23.8. The van der Waals surface area contributed by atoms with E-state index in [-0.39, 0.29) is 11.4 Å². The standard InChI is InChI=1S/C25H31F2NO4S/c26-25(27)17-19(12-13-20(29)10-5-4-9-18-7-2-1-3-8-18)28(24(25)32)16-6-11-21-14-15-22(33-21)23(30)31/h1-3,7-8,14-15,19-20,29H,4-6,9-13,16-17H2,(H,30,31)/t19-,20?/m0/s1. The van der Waals surface area contributed by atoms with E-state index in [0.717, 1.165) is 35.5 Å². The minimum Gasteiger partial charge on any atom is -0.477 e. The molecule has 1 aliphatic rings. The van der Waals surface area contributed by atoms with E-state index in [1.807, 2.05) is 18.2 Å². The third-order valence-corrected chi connectivity index (χ3v) is 7.26. The Morgan fingerprint density at radius 3 is 2.55 bits per heavy atom. The van der Waals surface area contributed by atoms with Gasteiger partial charge in [-0.3, -0.25) is 4.79 Å². The Balaban J connectivity index is 1.41. The third-order valence-electron chi connectivity index (χ3n) is 6.13. The van der Waals surface area contributed by atoms with Crippen molar-refractivity contribution in [2.24, 2.45) is 0 Å². The van der Waals surface area contributed by atoms with Crippen LogP contribution in [0.5, 0.6) is 0 Å². The molecule has 5 nitrogen and oxygen atoms in total. The highest BCUT2D eigenvalue weighted by molar-refractivity contribution is 7.13. The number of nitrogens with zero attached hydrogens (tertiary/aromatic N) is 1. The van der Waals surface area contributed by atoms with E-state index in [9.17, 15) is 23.5 Å². The van der Waals surface area contributed by atoms with Gasteiger partial charge in [0.15, 0.2) is 0 Å². The first kappa shape index (κ1) is 25.3. The monoisotopic (exact) mass is 479 g/mol. The van der Waals surface area contributed by atoms with Gasteiger partial charge in [0.1, 0.15) is 4.88 Å². The van der Waals surface area contributed by atoms with Crippen LogP contribution in [0.1, 0.15) is 65.1 Å². The van der Waals surface area contributed by atoms with Crippen molar-refractivity contribution in [3.63, 3.8) is 0 Å². The molecule has 1 aromatic carbocycles. The van der Waals surface area contributed by atoms with Gasteiger partial charge in [0.25, 0.3) is 5.91 Å². The molecule has 1 unspecified atom stereocenters. The van der Waals surface area contributed by atoms with Crippen LogP contribution in [0.4, 0.5) is 8.78 Å². The molecule has 2 aromatic rings. The maximum Gasteiger partial charge on any atom is 0.345 e. The molecule has 2 heterocycles. The Bertz CT molecular complexity index is 918. The first-order valence-electron chi connectivity index (χ1n) is 11.5. The van der Waals surface area contributed by atoms with Crippen LogP contribution in [0.25, 0.3) is 0 Å². The second-order valence-corrected chi connectivity index (χ2v) is 9.87. The van der Waals surface area contributed by atoms with Crippen molar-refractivity contribution < 1.29 is 28.6 Å². The number of aryl methyl sites for hydroxylation is 2. The quantitative estimate of drug-likeness (QED) is 0.389. The highest BCUT2D eigenvalue weighted by Crippen LogP contribution is 2.36. The molecule has 0 spiro atoms. The van der Waals surface area contributed by atoms with Crippen LogP contribution < -0.4 is 0 Å². The summed E-state index contributed by atoms with van der Waals surface area (Å²) in [5.41, 5.74) is 1.26. The van der Waals surface area contributed by atoms with Crippen molar-refractivity contribution in [1.29, 1.82) is 0 Å². The Morgan fingerprint density at radius 2 is 1.85 bits per heavy atom. The van der Waals surface area contributed by atoms with Crippen LogP contribution in [0.15, 0.2) is 42.5 Å². The molecular weight excluding hydrogens is 448 g/mol. The zero-order valence-corrected chi connectivity index (χ0v) is 19.4. The lowest BCUT2D eigenvalue weighted by Crippen LogP contribution is -2.37. The van der Waals surface area contributed by atoms with Gasteiger partial charge in [-0.15, -0.1) is 11.3 Å². The van der Waals surface area contributed by atoms with Gasteiger partial charge < -0.3 is 15.1 Å². The molecule has 0 bridgehead atoms. The molecule has 3 rings (SSSR count). The van der Waals surface area contributed by atoms with E-state index >= 15 is 0 Å². The van der Waals surface area contributed by atoms with Gasteiger partial charge in [0, 0.05) is 23.9 Å². The van der Waals surface area contributed by atoms with E-state index in [1.165, 1.54) is 16.5 Å². The summed E-state index contributed by atoms with van der Waals surface area (Å²) < 4.78 is 28.2. The third kappa shape index (κ3) is 7.33. The number of benzene rings is 1. The van der Waals surface area contributed by atoms with Gasteiger partial charge in [-0.05, 0) is 62.6 Å². The Morgan fingerprint density at radius 1 is 1.09 bits per heavy atom. The zero-order valence-electron chi connectivity index (χ0n) is 18.6. The number of alkyl halides is 2. The molecule has 0 saturated carbocycles. The summed E-state index contributed by atoms with van der Waals surface area (Å²) in [6, 6.07) is 12.8. The number of carbonyl (C=O) groups excluding carboxylic acids is 1. The Kier molecular flexibility index (Phi) is 8.97. The van der Waals surface area contributed by atoms with Crippen LogP contribution in [0.2, 0.25) is 0 Å². The fourth-order valence-electron chi connectivity index (χ4n) is 4.35. The van der Waals surface area contributed by atoms with Gasteiger partial charge in [-0.1, -0.05) is 36.8 Å². The first-order chi connectivity index (χ1) is 15.8. The van der Waals surface area contributed by atoms with Crippen molar-refractivity contribution in [3.05, 3.63) is 57.8 Å². The molecule has 2 N–H and O–H groups in total. The largest absolute Gasteiger partial charge is 0.477 e. The minimum atomic E-state index is -3.36.